The van der Waals surface area contributed by atoms with E-state index in [2.05, 4.69) is 10.3 Å². The Hall–Kier alpha value is -3.34. The predicted octanol–water partition coefficient (Wildman–Crippen LogP) is 3.61. The van der Waals surface area contributed by atoms with Crippen LogP contribution in [0.2, 0.25) is 0 Å². The molecule has 0 fully saturated rings. The van der Waals surface area contributed by atoms with Crippen molar-refractivity contribution in [1.29, 1.82) is 0 Å². The van der Waals surface area contributed by atoms with Gasteiger partial charge in [-0.25, -0.2) is 0 Å². The first-order valence-electron chi connectivity index (χ1n) is 8.07. The van der Waals surface area contributed by atoms with Crippen LogP contribution in [0.25, 0.3) is 22.0 Å². The van der Waals surface area contributed by atoms with Crippen molar-refractivity contribution in [3.8, 4) is 11.1 Å². The number of para-hydroxylation sites is 1. The predicted molar refractivity (Wildman–Crippen MR) is 95.7 cm³/mol. The maximum absolute atomic E-state index is 12.3. The fraction of sp³-hybridized carbons (Fsp3) is 0.100. The highest BCUT2D eigenvalue weighted by molar-refractivity contribution is 5.83. The minimum absolute atomic E-state index is 0.0323. The Morgan fingerprint density at radius 1 is 1.12 bits per heavy atom. The first kappa shape index (κ1) is 15.2. The molecule has 3 aromatic heterocycles. The third kappa shape index (κ3) is 3.30. The molecule has 5 heteroatoms. The molecule has 4 rings (SSSR count). The maximum atomic E-state index is 12.3. The lowest BCUT2D eigenvalue weighted by atomic mass is 10.1. The molecule has 1 N–H and O–H groups in total. The number of hydrogen-bond donors (Lipinski definition) is 1. The van der Waals surface area contributed by atoms with Crippen LogP contribution >= 0.6 is 0 Å². The smallest absolute Gasteiger partial charge is 0.240 e. The number of carbonyl (C=O) groups excluding carboxylic acids is 1. The van der Waals surface area contributed by atoms with Gasteiger partial charge in [-0.2, -0.15) is 0 Å². The van der Waals surface area contributed by atoms with Gasteiger partial charge in [-0.15, -0.1) is 0 Å². The molecule has 0 aliphatic heterocycles. The molecular formula is C20H17N3O2. The van der Waals surface area contributed by atoms with Crippen LogP contribution in [0.4, 0.5) is 0 Å². The Morgan fingerprint density at radius 2 is 2.04 bits per heavy atom. The Balaban J connectivity index is 1.41. The van der Waals surface area contributed by atoms with E-state index < -0.39 is 0 Å². The second kappa shape index (κ2) is 6.65. The highest BCUT2D eigenvalue weighted by Crippen LogP contribution is 2.19. The number of nitrogens with zero attached hydrogens (tertiary/aromatic N) is 2. The maximum Gasteiger partial charge on any atom is 0.240 e. The van der Waals surface area contributed by atoms with E-state index in [4.69, 9.17) is 4.42 Å². The van der Waals surface area contributed by atoms with Gasteiger partial charge in [0.25, 0.3) is 0 Å². The van der Waals surface area contributed by atoms with E-state index in [-0.39, 0.29) is 5.91 Å². The summed E-state index contributed by atoms with van der Waals surface area (Å²) in [6.07, 6.45) is 8.78. The fourth-order valence-corrected chi connectivity index (χ4v) is 2.86. The molecule has 4 aromatic rings. The van der Waals surface area contributed by atoms with E-state index in [1.54, 1.807) is 24.9 Å². The molecule has 0 saturated heterocycles. The molecule has 5 nitrogen and oxygen atoms in total. The number of amides is 1. The Labute approximate surface area is 144 Å². The zero-order valence-corrected chi connectivity index (χ0v) is 13.6. The summed E-state index contributed by atoms with van der Waals surface area (Å²) >= 11 is 0. The summed E-state index contributed by atoms with van der Waals surface area (Å²) in [6, 6.07) is 13.9. The van der Waals surface area contributed by atoms with Gasteiger partial charge in [-0.1, -0.05) is 18.2 Å². The van der Waals surface area contributed by atoms with Gasteiger partial charge in [0.1, 0.15) is 6.54 Å². The molecular weight excluding hydrogens is 314 g/mol. The van der Waals surface area contributed by atoms with Gasteiger partial charge in [0, 0.05) is 41.8 Å². The lowest BCUT2D eigenvalue weighted by molar-refractivity contribution is -0.121. The number of pyridine rings is 1. The molecule has 0 saturated carbocycles. The third-order valence-corrected chi connectivity index (χ3v) is 4.13. The number of furan rings is 1. The molecule has 25 heavy (non-hydrogen) atoms. The van der Waals surface area contributed by atoms with Gasteiger partial charge in [0.2, 0.25) is 5.91 Å². The monoisotopic (exact) mass is 331 g/mol. The van der Waals surface area contributed by atoms with E-state index in [9.17, 15) is 4.79 Å². The molecule has 0 radical (unpaired) electrons. The van der Waals surface area contributed by atoms with Crippen molar-refractivity contribution in [3.05, 3.63) is 79.1 Å². The SMILES string of the molecule is O=C(Cn1ccc2ccccc21)NCc1cncc(-c2ccoc2)c1. The average molecular weight is 331 g/mol. The zero-order valence-electron chi connectivity index (χ0n) is 13.6. The molecule has 3 heterocycles. The second-order valence-electron chi connectivity index (χ2n) is 5.87. The standard InChI is InChI=1S/C20H17N3O2/c24-20(13-23-7-5-16-3-1-2-4-19(16)23)22-11-15-9-18(12-21-10-15)17-6-8-25-14-17/h1-10,12,14H,11,13H2,(H,22,24). The van der Waals surface area contributed by atoms with E-state index in [0.29, 0.717) is 13.1 Å². The van der Waals surface area contributed by atoms with Gasteiger partial charge in [0.05, 0.1) is 12.5 Å². The molecule has 124 valence electrons. The van der Waals surface area contributed by atoms with Gasteiger partial charge < -0.3 is 14.3 Å². The molecule has 0 spiro atoms. The molecule has 0 aliphatic rings. The van der Waals surface area contributed by atoms with Crippen LogP contribution in [-0.4, -0.2) is 15.5 Å². The largest absolute Gasteiger partial charge is 0.472 e. The number of fused-ring (bicyclic) bond motifs is 1. The summed E-state index contributed by atoms with van der Waals surface area (Å²) in [6.45, 7) is 0.735. The van der Waals surface area contributed by atoms with E-state index in [1.807, 2.05) is 53.2 Å². The van der Waals surface area contributed by atoms with Crippen LogP contribution in [0.15, 0.2) is 78.0 Å². The molecule has 0 aliphatic carbocycles. The van der Waals surface area contributed by atoms with Crippen molar-refractivity contribution in [3.63, 3.8) is 0 Å². The molecule has 0 unspecified atom stereocenters. The minimum atomic E-state index is -0.0323. The Morgan fingerprint density at radius 3 is 2.92 bits per heavy atom. The molecule has 1 aromatic carbocycles. The Kier molecular flexibility index (Phi) is 4.04. The number of nitrogens with one attached hydrogen (secondary N) is 1. The summed E-state index contributed by atoms with van der Waals surface area (Å²) in [4.78, 5) is 16.5. The summed E-state index contributed by atoms with van der Waals surface area (Å²) in [5.74, 6) is -0.0323. The van der Waals surface area contributed by atoms with Crippen LogP contribution in [0.3, 0.4) is 0 Å². The van der Waals surface area contributed by atoms with Gasteiger partial charge in [0.15, 0.2) is 0 Å². The van der Waals surface area contributed by atoms with Crippen molar-refractivity contribution in [1.82, 2.24) is 14.9 Å². The first-order valence-corrected chi connectivity index (χ1v) is 8.07. The average Bonchev–Trinajstić information content (AvgIpc) is 3.31. The van der Waals surface area contributed by atoms with Crippen molar-refractivity contribution in [2.24, 2.45) is 0 Å². The van der Waals surface area contributed by atoms with Gasteiger partial charge in [-0.05, 0) is 35.2 Å². The van der Waals surface area contributed by atoms with Crippen molar-refractivity contribution in [2.45, 2.75) is 13.1 Å². The quantitative estimate of drug-likeness (QED) is 0.608. The second-order valence-corrected chi connectivity index (χ2v) is 5.87. The van der Waals surface area contributed by atoms with Gasteiger partial charge >= 0.3 is 0 Å². The van der Waals surface area contributed by atoms with Crippen LogP contribution in [0.1, 0.15) is 5.56 Å². The highest BCUT2D eigenvalue weighted by Gasteiger charge is 2.07. The summed E-state index contributed by atoms with van der Waals surface area (Å²) < 4.78 is 7.05. The lowest BCUT2D eigenvalue weighted by Crippen LogP contribution is -2.26. The number of rotatable bonds is 5. The summed E-state index contributed by atoms with van der Waals surface area (Å²) in [5, 5.41) is 4.08. The lowest BCUT2D eigenvalue weighted by Gasteiger charge is -2.08. The van der Waals surface area contributed by atoms with Crippen molar-refractivity contribution in [2.75, 3.05) is 0 Å². The van der Waals surface area contributed by atoms with E-state index >= 15 is 0 Å². The highest BCUT2D eigenvalue weighted by atomic mass is 16.3. The zero-order chi connectivity index (χ0) is 17.1. The number of benzene rings is 1. The van der Waals surface area contributed by atoms with E-state index in [0.717, 1.165) is 27.6 Å². The number of aromatic nitrogens is 2. The van der Waals surface area contributed by atoms with Crippen molar-refractivity contribution < 1.29 is 9.21 Å². The number of carbonyl (C=O) groups is 1. The van der Waals surface area contributed by atoms with Crippen LogP contribution < -0.4 is 5.32 Å². The molecule has 0 bridgehead atoms. The third-order valence-electron chi connectivity index (χ3n) is 4.13. The van der Waals surface area contributed by atoms with Crippen molar-refractivity contribution >= 4 is 16.8 Å². The minimum Gasteiger partial charge on any atom is -0.472 e. The summed E-state index contributed by atoms with van der Waals surface area (Å²) in [7, 11) is 0. The Bertz CT molecular complexity index is 1000. The normalized spacial score (nSPS) is 10.9. The topological polar surface area (TPSA) is 60.1 Å². The summed E-state index contributed by atoms with van der Waals surface area (Å²) in [5.41, 5.74) is 3.95. The first-order chi connectivity index (χ1) is 12.3. The number of hydrogen-bond acceptors (Lipinski definition) is 3. The van der Waals surface area contributed by atoms with E-state index in [1.165, 1.54) is 0 Å². The molecule has 1 amide bonds. The fourth-order valence-electron chi connectivity index (χ4n) is 2.86. The van der Waals surface area contributed by atoms with Crippen LogP contribution in [0, 0.1) is 0 Å². The van der Waals surface area contributed by atoms with Crippen LogP contribution in [0.5, 0.6) is 0 Å². The van der Waals surface area contributed by atoms with Gasteiger partial charge in [-0.3, -0.25) is 9.78 Å². The van der Waals surface area contributed by atoms with Crippen LogP contribution in [-0.2, 0) is 17.9 Å². The molecule has 0 atom stereocenters.